The third kappa shape index (κ3) is 3.87. The van der Waals surface area contributed by atoms with Crippen molar-refractivity contribution >= 4 is 23.3 Å². The van der Waals surface area contributed by atoms with Crippen molar-refractivity contribution in [2.45, 2.75) is 43.8 Å². The minimum absolute atomic E-state index is 0.238. The first-order valence-corrected chi connectivity index (χ1v) is 9.24. The molecule has 0 radical (unpaired) electrons. The minimum atomic E-state index is -0.434. The van der Waals surface area contributed by atoms with Crippen LogP contribution in [0.25, 0.3) is 0 Å². The van der Waals surface area contributed by atoms with Crippen LogP contribution in [0.5, 0.6) is 0 Å². The first-order chi connectivity index (χ1) is 13.6. The highest BCUT2D eigenvalue weighted by Crippen LogP contribution is 2.30. The number of hydrogen-bond donors (Lipinski definition) is 3. The molecule has 144 valence electrons. The van der Waals surface area contributed by atoms with Gasteiger partial charge in [-0.05, 0) is 25.7 Å². The number of rotatable bonds is 5. The van der Waals surface area contributed by atoms with E-state index >= 15 is 0 Å². The molecule has 4 heterocycles. The van der Waals surface area contributed by atoms with Gasteiger partial charge in [-0.3, -0.25) is 0 Å². The average molecular weight is 379 g/mol. The molecule has 9 nitrogen and oxygen atoms in total. The normalized spacial score (nSPS) is 22.9. The van der Waals surface area contributed by atoms with Crippen LogP contribution in [0.2, 0.25) is 0 Å². The molecule has 0 spiro atoms. The van der Waals surface area contributed by atoms with Crippen LogP contribution in [0.1, 0.15) is 41.7 Å². The van der Waals surface area contributed by atoms with Gasteiger partial charge >= 0.3 is 5.97 Å². The van der Waals surface area contributed by atoms with Gasteiger partial charge in [-0.25, -0.2) is 19.7 Å². The van der Waals surface area contributed by atoms with Gasteiger partial charge < -0.3 is 20.7 Å². The Morgan fingerprint density at radius 1 is 1.18 bits per heavy atom. The maximum atomic E-state index is 12.2. The highest BCUT2D eigenvalue weighted by molar-refractivity contribution is 5.96. The maximum absolute atomic E-state index is 12.2. The summed E-state index contributed by atoms with van der Waals surface area (Å²) in [6.45, 7) is 0. The number of anilines is 3. The van der Waals surface area contributed by atoms with Gasteiger partial charge in [-0.15, -0.1) is 0 Å². The van der Waals surface area contributed by atoms with Gasteiger partial charge in [0.15, 0.2) is 5.69 Å². The summed E-state index contributed by atoms with van der Waals surface area (Å²) in [4.78, 5) is 24.6. The standard InChI is InChI=1S/C19H21N7O2/c1-28-19(27)15-9-23-17(26-18-10-21-14(7-20)8-22-18)6-16(15)25-13-4-11-2-3-12(5-13)24-11/h6,8-13,24H,2-5H2,1H3,(H2,22,23,25,26)/t11-,12-/m0/s1. The average Bonchev–Trinajstić information content (AvgIpc) is 3.06. The van der Waals surface area contributed by atoms with Gasteiger partial charge in [-0.1, -0.05) is 0 Å². The number of fused-ring (bicyclic) bond motifs is 2. The summed E-state index contributed by atoms with van der Waals surface area (Å²) in [5.74, 6) is 0.547. The van der Waals surface area contributed by atoms with Crippen molar-refractivity contribution in [1.29, 1.82) is 5.26 Å². The Balaban J connectivity index is 1.56. The zero-order valence-electron chi connectivity index (χ0n) is 15.5. The molecule has 2 saturated heterocycles. The molecule has 2 bridgehead atoms. The van der Waals surface area contributed by atoms with Gasteiger partial charge in [0, 0.05) is 30.4 Å². The SMILES string of the molecule is COC(=O)c1cnc(Nc2cnc(C#N)cn2)cc1NC1C[C@@H]2CC[C@@H](C1)N2. The van der Waals surface area contributed by atoms with Gasteiger partial charge in [0.1, 0.15) is 23.3 Å². The number of hydrogen-bond acceptors (Lipinski definition) is 9. The molecule has 3 N–H and O–H groups in total. The quantitative estimate of drug-likeness (QED) is 0.669. The first kappa shape index (κ1) is 18.1. The lowest BCUT2D eigenvalue weighted by Crippen LogP contribution is -2.43. The van der Waals surface area contributed by atoms with Crippen molar-refractivity contribution in [3.8, 4) is 6.07 Å². The van der Waals surface area contributed by atoms with Crippen LogP contribution in [0, 0.1) is 11.3 Å². The van der Waals surface area contributed by atoms with E-state index in [0.29, 0.717) is 35.0 Å². The molecule has 2 fully saturated rings. The summed E-state index contributed by atoms with van der Waals surface area (Å²) in [6, 6.07) is 5.05. The molecular formula is C19H21N7O2. The fraction of sp³-hybridized carbons (Fsp3) is 0.421. The molecule has 2 aliphatic rings. The molecule has 0 aliphatic carbocycles. The summed E-state index contributed by atoms with van der Waals surface area (Å²) in [5.41, 5.74) is 1.31. The van der Waals surface area contributed by atoms with Crippen molar-refractivity contribution in [2.75, 3.05) is 17.7 Å². The Hall–Kier alpha value is -3.25. The highest BCUT2D eigenvalue weighted by Gasteiger charge is 2.33. The molecule has 2 atom stereocenters. The molecule has 4 rings (SSSR count). The van der Waals surface area contributed by atoms with E-state index in [4.69, 9.17) is 10.00 Å². The summed E-state index contributed by atoms with van der Waals surface area (Å²) in [5, 5.41) is 19.0. The van der Waals surface area contributed by atoms with Crippen molar-refractivity contribution in [3.63, 3.8) is 0 Å². The fourth-order valence-corrected chi connectivity index (χ4v) is 3.89. The number of nitriles is 1. The third-order valence-corrected chi connectivity index (χ3v) is 5.16. The number of piperidine rings is 1. The van der Waals surface area contributed by atoms with E-state index in [0.717, 1.165) is 12.8 Å². The predicted octanol–water partition coefficient (Wildman–Crippen LogP) is 1.97. The summed E-state index contributed by atoms with van der Waals surface area (Å²) in [7, 11) is 1.36. The van der Waals surface area contributed by atoms with E-state index in [1.165, 1.54) is 38.5 Å². The van der Waals surface area contributed by atoms with Crippen LogP contribution < -0.4 is 16.0 Å². The van der Waals surface area contributed by atoms with Crippen LogP contribution in [-0.2, 0) is 4.74 Å². The van der Waals surface area contributed by atoms with E-state index in [2.05, 4.69) is 30.9 Å². The zero-order chi connectivity index (χ0) is 19.5. The van der Waals surface area contributed by atoms with E-state index in [1.54, 1.807) is 6.07 Å². The summed E-state index contributed by atoms with van der Waals surface area (Å²) < 4.78 is 4.90. The number of ether oxygens (including phenoxy) is 1. The monoisotopic (exact) mass is 379 g/mol. The number of carbonyl (C=O) groups excluding carboxylic acids is 1. The second-order valence-electron chi connectivity index (χ2n) is 7.08. The van der Waals surface area contributed by atoms with E-state index in [-0.39, 0.29) is 11.7 Å². The Bertz CT molecular complexity index is 897. The number of nitrogens with one attached hydrogen (secondary N) is 3. The smallest absolute Gasteiger partial charge is 0.341 e. The Morgan fingerprint density at radius 2 is 1.93 bits per heavy atom. The van der Waals surface area contributed by atoms with Crippen molar-refractivity contribution < 1.29 is 9.53 Å². The predicted molar refractivity (Wildman–Crippen MR) is 102 cm³/mol. The molecule has 2 aromatic rings. The molecule has 2 aliphatic heterocycles. The molecule has 9 heteroatoms. The van der Waals surface area contributed by atoms with E-state index in [1.807, 2.05) is 6.07 Å². The van der Waals surface area contributed by atoms with Crippen LogP contribution in [-0.4, -0.2) is 46.2 Å². The Morgan fingerprint density at radius 3 is 2.57 bits per heavy atom. The van der Waals surface area contributed by atoms with Gasteiger partial charge in [0.25, 0.3) is 0 Å². The maximum Gasteiger partial charge on any atom is 0.341 e. The zero-order valence-corrected chi connectivity index (χ0v) is 15.5. The third-order valence-electron chi connectivity index (χ3n) is 5.16. The Labute approximate surface area is 162 Å². The van der Waals surface area contributed by atoms with Gasteiger partial charge in [0.2, 0.25) is 0 Å². The minimum Gasteiger partial charge on any atom is -0.465 e. The summed E-state index contributed by atoms with van der Waals surface area (Å²) >= 11 is 0. The van der Waals surface area contributed by atoms with E-state index < -0.39 is 5.97 Å². The van der Waals surface area contributed by atoms with Crippen LogP contribution >= 0.6 is 0 Å². The molecular weight excluding hydrogens is 358 g/mol. The second kappa shape index (κ2) is 7.78. The number of pyridine rings is 1. The van der Waals surface area contributed by atoms with Gasteiger partial charge in [-0.2, -0.15) is 5.26 Å². The van der Waals surface area contributed by atoms with Gasteiger partial charge in [0.05, 0.1) is 25.2 Å². The van der Waals surface area contributed by atoms with Crippen molar-refractivity contribution in [2.24, 2.45) is 0 Å². The number of esters is 1. The lowest BCUT2D eigenvalue weighted by Gasteiger charge is -2.31. The van der Waals surface area contributed by atoms with Crippen LogP contribution in [0.4, 0.5) is 17.3 Å². The molecule has 0 unspecified atom stereocenters. The van der Waals surface area contributed by atoms with Crippen molar-refractivity contribution in [3.05, 3.63) is 35.9 Å². The Kier molecular flexibility index (Phi) is 5.04. The first-order valence-electron chi connectivity index (χ1n) is 9.24. The molecule has 0 amide bonds. The topological polar surface area (TPSA) is 125 Å². The van der Waals surface area contributed by atoms with Crippen LogP contribution in [0.3, 0.4) is 0 Å². The number of aromatic nitrogens is 3. The van der Waals surface area contributed by atoms with Crippen molar-refractivity contribution in [1.82, 2.24) is 20.3 Å². The van der Waals surface area contributed by atoms with Crippen LogP contribution in [0.15, 0.2) is 24.7 Å². The molecule has 28 heavy (non-hydrogen) atoms. The molecule has 0 aromatic carbocycles. The molecule has 2 aromatic heterocycles. The lowest BCUT2D eigenvalue weighted by atomic mass is 9.99. The fourth-order valence-electron chi connectivity index (χ4n) is 3.89. The highest BCUT2D eigenvalue weighted by atomic mass is 16.5. The lowest BCUT2D eigenvalue weighted by molar-refractivity contribution is 0.0601. The second-order valence-corrected chi connectivity index (χ2v) is 7.08. The van der Waals surface area contributed by atoms with E-state index in [9.17, 15) is 4.79 Å². The largest absolute Gasteiger partial charge is 0.465 e. The number of nitrogens with zero attached hydrogens (tertiary/aromatic N) is 4. The number of carbonyl (C=O) groups is 1. The summed E-state index contributed by atoms with van der Waals surface area (Å²) in [6.07, 6.45) is 8.78. The number of methoxy groups -OCH3 is 1. The molecule has 0 saturated carbocycles.